The van der Waals surface area contributed by atoms with Gasteiger partial charge in [-0.15, -0.1) is 11.3 Å². The fourth-order valence-electron chi connectivity index (χ4n) is 2.70. The van der Waals surface area contributed by atoms with Gasteiger partial charge < -0.3 is 0 Å². The number of carbonyl (C=O) groups is 1. The number of nitrogens with zero attached hydrogens (tertiary/aromatic N) is 3. The smallest absolute Gasteiger partial charge is 0.261 e. The monoisotopic (exact) mass is 360 g/mol. The highest BCUT2D eigenvalue weighted by molar-refractivity contribution is 7.13. The van der Waals surface area contributed by atoms with Gasteiger partial charge in [0.05, 0.1) is 12.1 Å². The zero-order chi connectivity index (χ0) is 17.8. The molecule has 0 fully saturated rings. The summed E-state index contributed by atoms with van der Waals surface area (Å²) in [4.78, 5) is 16.9. The molecule has 4 rings (SSSR count). The van der Waals surface area contributed by atoms with Crippen molar-refractivity contribution in [3.05, 3.63) is 89.6 Å². The summed E-state index contributed by atoms with van der Waals surface area (Å²) < 4.78 is 1.80. The van der Waals surface area contributed by atoms with Crippen molar-refractivity contribution in [2.45, 2.75) is 6.54 Å². The van der Waals surface area contributed by atoms with Crippen molar-refractivity contribution in [3.8, 4) is 11.3 Å². The van der Waals surface area contributed by atoms with Gasteiger partial charge in [-0.05, 0) is 5.56 Å². The number of anilines is 1. The Morgan fingerprint density at radius 3 is 2.46 bits per heavy atom. The van der Waals surface area contributed by atoms with Gasteiger partial charge in [0, 0.05) is 23.3 Å². The molecule has 0 saturated heterocycles. The molecule has 2 heterocycles. The summed E-state index contributed by atoms with van der Waals surface area (Å²) in [5, 5.41) is 9.91. The Balaban J connectivity index is 1.69. The van der Waals surface area contributed by atoms with Gasteiger partial charge >= 0.3 is 0 Å². The van der Waals surface area contributed by atoms with E-state index in [-0.39, 0.29) is 5.91 Å². The Kier molecular flexibility index (Phi) is 4.57. The summed E-state index contributed by atoms with van der Waals surface area (Å²) in [5.74, 6) is -0.210. The van der Waals surface area contributed by atoms with Gasteiger partial charge in [0.25, 0.3) is 5.91 Å². The number of nitrogens with one attached hydrogen (secondary N) is 1. The van der Waals surface area contributed by atoms with Crippen molar-refractivity contribution in [2.24, 2.45) is 0 Å². The molecule has 6 heteroatoms. The number of aromatic nitrogens is 3. The largest absolute Gasteiger partial charge is 0.298 e. The topological polar surface area (TPSA) is 59.8 Å². The molecule has 0 aliphatic carbocycles. The first kappa shape index (κ1) is 16.2. The summed E-state index contributed by atoms with van der Waals surface area (Å²) in [6, 6.07) is 19.8. The van der Waals surface area contributed by atoms with Crippen LogP contribution >= 0.6 is 11.3 Å². The second kappa shape index (κ2) is 7.33. The maximum atomic E-state index is 12.8. The van der Waals surface area contributed by atoms with E-state index in [1.165, 1.54) is 11.3 Å². The Morgan fingerprint density at radius 2 is 1.77 bits per heavy atom. The molecule has 0 bridgehead atoms. The van der Waals surface area contributed by atoms with Gasteiger partial charge in [-0.25, -0.2) is 4.98 Å². The van der Waals surface area contributed by atoms with Gasteiger partial charge in [0.15, 0.2) is 5.13 Å². The molecule has 2 aromatic carbocycles. The molecule has 26 heavy (non-hydrogen) atoms. The SMILES string of the molecule is O=C(Nc1nccs1)c1cn(Cc2ccccc2)nc1-c1ccccc1. The summed E-state index contributed by atoms with van der Waals surface area (Å²) in [6.45, 7) is 0.602. The molecule has 2 aromatic heterocycles. The number of hydrogen-bond acceptors (Lipinski definition) is 4. The number of hydrogen-bond donors (Lipinski definition) is 1. The summed E-state index contributed by atoms with van der Waals surface area (Å²) in [5.41, 5.74) is 3.23. The first-order chi connectivity index (χ1) is 12.8. The molecule has 0 atom stereocenters. The molecule has 128 valence electrons. The number of carbonyl (C=O) groups excluding carboxylic acids is 1. The Morgan fingerprint density at radius 1 is 1.04 bits per heavy atom. The number of rotatable bonds is 5. The fourth-order valence-corrected chi connectivity index (χ4v) is 3.22. The molecule has 4 aromatic rings. The normalized spacial score (nSPS) is 10.6. The molecule has 0 aliphatic heterocycles. The van der Waals surface area contributed by atoms with Crippen LogP contribution in [0.2, 0.25) is 0 Å². The highest BCUT2D eigenvalue weighted by atomic mass is 32.1. The zero-order valence-electron chi connectivity index (χ0n) is 13.9. The van der Waals surface area contributed by atoms with E-state index in [4.69, 9.17) is 0 Å². The summed E-state index contributed by atoms with van der Waals surface area (Å²) >= 11 is 1.39. The van der Waals surface area contributed by atoms with Crippen molar-refractivity contribution in [1.82, 2.24) is 14.8 Å². The third-order valence-corrected chi connectivity index (χ3v) is 4.58. The van der Waals surface area contributed by atoms with E-state index in [0.29, 0.717) is 22.9 Å². The first-order valence-corrected chi connectivity index (χ1v) is 9.05. The lowest BCUT2D eigenvalue weighted by atomic mass is 10.1. The van der Waals surface area contributed by atoms with Crippen LogP contribution in [0.25, 0.3) is 11.3 Å². The second-order valence-electron chi connectivity index (χ2n) is 5.73. The molecular formula is C20H16N4OS. The molecule has 1 N–H and O–H groups in total. The molecule has 0 radical (unpaired) electrons. The molecule has 0 spiro atoms. The molecule has 5 nitrogen and oxygen atoms in total. The van der Waals surface area contributed by atoms with Gasteiger partial charge in [-0.2, -0.15) is 5.10 Å². The molecule has 0 unspecified atom stereocenters. The van der Waals surface area contributed by atoms with Crippen LogP contribution in [0.5, 0.6) is 0 Å². The van der Waals surface area contributed by atoms with Crippen molar-refractivity contribution in [1.29, 1.82) is 0 Å². The van der Waals surface area contributed by atoms with Crippen LogP contribution in [-0.4, -0.2) is 20.7 Å². The van der Waals surface area contributed by atoms with E-state index in [0.717, 1.165) is 11.1 Å². The maximum Gasteiger partial charge on any atom is 0.261 e. The van der Waals surface area contributed by atoms with Crippen LogP contribution < -0.4 is 5.32 Å². The Bertz CT molecular complexity index is 995. The summed E-state index contributed by atoms with van der Waals surface area (Å²) in [6.07, 6.45) is 3.45. The van der Waals surface area contributed by atoms with Crippen molar-refractivity contribution < 1.29 is 4.79 Å². The third-order valence-electron chi connectivity index (χ3n) is 3.89. The van der Waals surface area contributed by atoms with Crippen molar-refractivity contribution in [2.75, 3.05) is 5.32 Å². The average molecular weight is 360 g/mol. The highest BCUT2D eigenvalue weighted by Gasteiger charge is 2.18. The second-order valence-corrected chi connectivity index (χ2v) is 6.63. The van der Waals surface area contributed by atoms with Gasteiger partial charge in [-0.3, -0.25) is 14.8 Å². The van der Waals surface area contributed by atoms with E-state index in [1.54, 1.807) is 17.1 Å². The summed E-state index contributed by atoms with van der Waals surface area (Å²) in [7, 11) is 0. The van der Waals surface area contributed by atoms with Crippen LogP contribution in [0.1, 0.15) is 15.9 Å². The fraction of sp³-hybridized carbons (Fsp3) is 0.0500. The van der Waals surface area contributed by atoms with Crippen LogP contribution in [0.15, 0.2) is 78.4 Å². The molecule has 0 saturated carbocycles. The van der Waals surface area contributed by atoms with Crippen LogP contribution in [-0.2, 0) is 6.54 Å². The van der Waals surface area contributed by atoms with E-state index in [2.05, 4.69) is 15.4 Å². The minimum atomic E-state index is -0.210. The first-order valence-electron chi connectivity index (χ1n) is 8.17. The van der Waals surface area contributed by atoms with Crippen LogP contribution in [0.4, 0.5) is 5.13 Å². The Hall–Kier alpha value is -3.25. The van der Waals surface area contributed by atoms with E-state index in [9.17, 15) is 4.79 Å². The third kappa shape index (κ3) is 3.55. The molecule has 0 aliphatic rings. The van der Waals surface area contributed by atoms with Crippen molar-refractivity contribution in [3.63, 3.8) is 0 Å². The van der Waals surface area contributed by atoms with Gasteiger partial charge in [0.1, 0.15) is 5.69 Å². The maximum absolute atomic E-state index is 12.8. The minimum absolute atomic E-state index is 0.210. The standard InChI is InChI=1S/C20H16N4OS/c25-19(22-20-21-11-12-26-20)17-14-24(13-15-7-3-1-4-8-15)23-18(17)16-9-5-2-6-10-16/h1-12,14H,13H2,(H,21,22,25). The van der Waals surface area contributed by atoms with Crippen LogP contribution in [0.3, 0.4) is 0 Å². The molecule has 1 amide bonds. The van der Waals surface area contributed by atoms with Gasteiger partial charge in [0.2, 0.25) is 0 Å². The van der Waals surface area contributed by atoms with Gasteiger partial charge in [-0.1, -0.05) is 60.7 Å². The lowest BCUT2D eigenvalue weighted by Gasteiger charge is -2.02. The lowest BCUT2D eigenvalue weighted by molar-refractivity contribution is 0.102. The van der Waals surface area contributed by atoms with Crippen LogP contribution in [0, 0.1) is 0 Å². The van der Waals surface area contributed by atoms with Crippen molar-refractivity contribution >= 4 is 22.4 Å². The number of benzene rings is 2. The quantitative estimate of drug-likeness (QED) is 0.577. The number of amides is 1. The average Bonchev–Trinajstić information content (AvgIpc) is 3.33. The Labute approximate surface area is 155 Å². The lowest BCUT2D eigenvalue weighted by Crippen LogP contribution is -2.12. The zero-order valence-corrected chi connectivity index (χ0v) is 14.7. The predicted molar refractivity (Wildman–Crippen MR) is 103 cm³/mol. The van der Waals surface area contributed by atoms with E-state index >= 15 is 0 Å². The van der Waals surface area contributed by atoms with E-state index < -0.39 is 0 Å². The highest BCUT2D eigenvalue weighted by Crippen LogP contribution is 2.24. The predicted octanol–water partition coefficient (Wildman–Crippen LogP) is 4.31. The molecular weight excluding hydrogens is 344 g/mol. The number of thiazole rings is 1. The minimum Gasteiger partial charge on any atom is -0.298 e. The van der Waals surface area contributed by atoms with E-state index in [1.807, 2.05) is 66.0 Å².